The molecule has 0 aliphatic rings. The van der Waals surface area contributed by atoms with Crippen LogP contribution >= 0.6 is 0 Å². The average molecular weight is 605 g/mol. The topological polar surface area (TPSA) is 94.6 Å². The van der Waals surface area contributed by atoms with Gasteiger partial charge in [0.1, 0.15) is 11.2 Å². The zero-order valence-electron chi connectivity index (χ0n) is 24.9. The van der Waals surface area contributed by atoms with Crippen molar-refractivity contribution >= 4 is 27.6 Å². The summed E-state index contributed by atoms with van der Waals surface area (Å²) in [4.78, 5) is 33.0. The third-order valence-corrected chi connectivity index (χ3v) is 8.25. The van der Waals surface area contributed by atoms with Crippen molar-refractivity contribution in [1.29, 1.82) is 0 Å². The third kappa shape index (κ3) is 4.76. The number of fused-ring (bicyclic) bond motifs is 5. The molecule has 9 aromatic rings. The Balaban J connectivity index is 1.13. The number of hydrogen-bond donors (Lipinski definition) is 0. The predicted octanol–water partition coefficient (Wildman–Crippen LogP) is 8.35. The molecule has 6 aromatic heterocycles. The molecule has 0 amide bonds. The Morgan fingerprint density at radius 2 is 1.17 bits per heavy atom. The summed E-state index contributed by atoms with van der Waals surface area (Å²) >= 11 is 0. The van der Waals surface area contributed by atoms with Crippen molar-refractivity contribution in [2.45, 2.75) is 0 Å². The molecule has 6 heterocycles. The number of benzene rings is 3. The lowest BCUT2D eigenvalue weighted by atomic mass is 10.00. The molecule has 0 fully saturated rings. The summed E-state index contributed by atoms with van der Waals surface area (Å²) in [5.74, 6) is 1.72. The maximum atomic E-state index is 5.13. The normalized spacial score (nSPS) is 11.4. The lowest BCUT2D eigenvalue weighted by molar-refractivity contribution is 1.07. The molecule has 3 aromatic carbocycles. The van der Waals surface area contributed by atoms with E-state index in [1.807, 2.05) is 79.0 Å². The first-order chi connectivity index (χ1) is 23.3. The number of rotatable bonds is 5. The minimum absolute atomic E-state index is 0.561. The number of pyridine rings is 4. The highest BCUT2D eigenvalue weighted by atomic mass is 15.0. The van der Waals surface area contributed by atoms with Crippen LogP contribution in [0.15, 0.2) is 146 Å². The summed E-state index contributed by atoms with van der Waals surface area (Å²) in [7, 11) is 0. The van der Waals surface area contributed by atoms with Crippen molar-refractivity contribution in [2.75, 3.05) is 0 Å². The Labute approximate surface area is 269 Å². The molecule has 0 unspecified atom stereocenters. The van der Waals surface area contributed by atoms with Gasteiger partial charge in [-0.3, -0.25) is 14.4 Å². The van der Waals surface area contributed by atoms with Gasteiger partial charge in [-0.05, 0) is 59.7 Å². The zero-order valence-corrected chi connectivity index (χ0v) is 24.9. The molecule has 0 bridgehead atoms. The van der Waals surface area contributed by atoms with E-state index in [1.165, 1.54) is 0 Å². The summed E-state index contributed by atoms with van der Waals surface area (Å²) < 4.78 is 2.12. The van der Waals surface area contributed by atoms with Gasteiger partial charge >= 0.3 is 0 Å². The van der Waals surface area contributed by atoms with Crippen LogP contribution in [0.1, 0.15) is 0 Å². The molecule has 8 nitrogen and oxygen atoms in total. The van der Waals surface area contributed by atoms with Crippen LogP contribution < -0.4 is 0 Å². The van der Waals surface area contributed by atoms with Gasteiger partial charge in [0.25, 0.3) is 0 Å². The molecule has 0 aliphatic carbocycles. The van der Waals surface area contributed by atoms with Crippen LogP contribution in [0.3, 0.4) is 0 Å². The van der Waals surface area contributed by atoms with E-state index in [9.17, 15) is 0 Å². The van der Waals surface area contributed by atoms with Gasteiger partial charge < -0.3 is 0 Å². The van der Waals surface area contributed by atoms with Crippen LogP contribution in [0.4, 0.5) is 0 Å². The van der Waals surface area contributed by atoms with Crippen molar-refractivity contribution in [2.24, 2.45) is 0 Å². The van der Waals surface area contributed by atoms with Gasteiger partial charge in [0.15, 0.2) is 17.5 Å². The van der Waals surface area contributed by atoms with E-state index in [0.29, 0.717) is 17.5 Å². The van der Waals surface area contributed by atoms with Gasteiger partial charge in [0.2, 0.25) is 0 Å². The van der Waals surface area contributed by atoms with Crippen molar-refractivity contribution in [1.82, 2.24) is 39.3 Å². The zero-order chi connectivity index (χ0) is 31.2. The molecule has 0 spiro atoms. The van der Waals surface area contributed by atoms with Gasteiger partial charge in [-0.1, -0.05) is 66.7 Å². The number of imidazole rings is 1. The number of para-hydroxylation sites is 1. The maximum Gasteiger partial charge on any atom is 0.165 e. The molecule has 220 valence electrons. The van der Waals surface area contributed by atoms with E-state index in [1.54, 1.807) is 24.8 Å². The van der Waals surface area contributed by atoms with Crippen molar-refractivity contribution in [3.8, 4) is 56.5 Å². The molecule has 0 atom stereocenters. The van der Waals surface area contributed by atoms with Gasteiger partial charge in [0, 0.05) is 58.6 Å². The summed E-state index contributed by atoms with van der Waals surface area (Å²) in [5.41, 5.74) is 10.4. The first kappa shape index (κ1) is 26.7. The minimum atomic E-state index is 0.561. The summed E-state index contributed by atoms with van der Waals surface area (Å²) in [6.45, 7) is 0. The van der Waals surface area contributed by atoms with Crippen LogP contribution in [0.5, 0.6) is 0 Å². The molecule has 9 rings (SSSR count). The Morgan fingerprint density at radius 1 is 0.447 bits per heavy atom. The molecular formula is C39H24N8. The van der Waals surface area contributed by atoms with Gasteiger partial charge in [-0.15, -0.1) is 0 Å². The van der Waals surface area contributed by atoms with Gasteiger partial charge in [0.05, 0.1) is 16.7 Å². The number of hydrogen-bond acceptors (Lipinski definition) is 7. The maximum absolute atomic E-state index is 5.13. The smallest absolute Gasteiger partial charge is 0.165 e. The van der Waals surface area contributed by atoms with E-state index >= 15 is 0 Å². The fourth-order valence-electron chi connectivity index (χ4n) is 5.97. The van der Waals surface area contributed by atoms with Gasteiger partial charge in [-0.2, -0.15) is 0 Å². The lowest BCUT2D eigenvalue weighted by Gasteiger charge is -2.10. The van der Waals surface area contributed by atoms with Crippen LogP contribution in [-0.2, 0) is 0 Å². The molecule has 8 heteroatoms. The minimum Gasteiger partial charge on any atom is -0.298 e. The van der Waals surface area contributed by atoms with E-state index in [-0.39, 0.29) is 0 Å². The number of nitrogens with zero attached hydrogens (tertiary/aromatic N) is 8. The molecule has 0 aliphatic heterocycles. The van der Waals surface area contributed by atoms with Crippen molar-refractivity contribution < 1.29 is 0 Å². The Bertz CT molecular complexity index is 2500. The van der Waals surface area contributed by atoms with Crippen LogP contribution in [-0.4, -0.2) is 39.3 Å². The Hall–Kier alpha value is -6.67. The largest absolute Gasteiger partial charge is 0.298 e. The highest BCUT2D eigenvalue weighted by molar-refractivity contribution is 6.09. The monoisotopic (exact) mass is 604 g/mol. The summed E-state index contributed by atoms with van der Waals surface area (Å²) in [6.07, 6.45) is 9.02. The predicted molar refractivity (Wildman–Crippen MR) is 184 cm³/mol. The molecular weight excluding hydrogens is 580 g/mol. The van der Waals surface area contributed by atoms with E-state index < -0.39 is 0 Å². The third-order valence-electron chi connectivity index (χ3n) is 8.25. The summed E-state index contributed by atoms with van der Waals surface area (Å²) in [6, 6.07) is 38.7. The van der Waals surface area contributed by atoms with Crippen molar-refractivity contribution in [3.05, 3.63) is 146 Å². The second kappa shape index (κ2) is 11.0. The lowest BCUT2D eigenvalue weighted by Crippen LogP contribution is -2.00. The molecule has 0 N–H and O–H groups in total. The quantitative estimate of drug-likeness (QED) is 0.195. The average Bonchev–Trinajstić information content (AvgIpc) is 3.55. The van der Waals surface area contributed by atoms with E-state index in [2.05, 4.69) is 56.8 Å². The van der Waals surface area contributed by atoms with Crippen LogP contribution in [0.2, 0.25) is 0 Å². The second-order valence-electron chi connectivity index (χ2n) is 11.2. The fraction of sp³-hybridized carbons (Fsp3) is 0. The molecule has 0 saturated carbocycles. The molecule has 0 saturated heterocycles. The first-order valence-corrected chi connectivity index (χ1v) is 15.2. The Morgan fingerprint density at radius 3 is 2.00 bits per heavy atom. The summed E-state index contributed by atoms with van der Waals surface area (Å²) in [5, 5.41) is 1.04. The number of aromatic nitrogens is 8. The Kier molecular flexibility index (Phi) is 6.28. The van der Waals surface area contributed by atoms with Crippen LogP contribution in [0.25, 0.3) is 84.1 Å². The highest BCUT2D eigenvalue weighted by Gasteiger charge is 2.17. The van der Waals surface area contributed by atoms with Crippen molar-refractivity contribution in [3.63, 3.8) is 0 Å². The second-order valence-corrected chi connectivity index (χ2v) is 11.2. The standard InChI is InChI=1S/C39H24N8/c1-2-11-32-31(10-1)35-36(47-22-4-3-12-33(47)43-35)34(42-32)26-15-13-25(14-16-26)28-7-5-8-29(23-28)38-44-37(27-17-20-40-21-18-27)45-39(46-38)30-9-6-19-41-24-30/h1-24H. The first-order valence-electron chi connectivity index (χ1n) is 15.2. The molecule has 47 heavy (non-hydrogen) atoms. The fourth-order valence-corrected chi connectivity index (χ4v) is 5.97. The van der Waals surface area contributed by atoms with E-state index in [4.69, 9.17) is 24.9 Å². The van der Waals surface area contributed by atoms with Crippen LogP contribution in [0, 0.1) is 0 Å². The highest BCUT2D eigenvalue weighted by Crippen LogP contribution is 2.34. The SMILES string of the molecule is c1cncc(-c2nc(-c3ccncc3)nc(-c3cccc(-c4ccc(-c5nc6ccccc6c6nc7ccccn7c56)cc4)c3)n2)c1. The van der Waals surface area contributed by atoms with E-state index in [0.717, 1.165) is 66.7 Å². The molecule has 0 radical (unpaired) electrons. The van der Waals surface area contributed by atoms with Gasteiger partial charge in [-0.25, -0.2) is 24.9 Å².